The highest BCUT2D eigenvalue weighted by molar-refractivity contribution is 5.71. The lowest BCUT2D eigenvalue weighted by Crippen LogP contribution is -2.30. The first-order valence-electron chi connectivity index (χ1n) is 31.4. The lowest BCUT2D eigenvalue weighted by Gasteiger charge is -2.18. The summed E-state index contributed by atoms with van der Waals surface area (Å²) in [5, 5.41) is 0. The third kappa shape index (κ3) is 60.8. The summed E-state index contributed by atoms with van der Waals surface area (Å²) in [4.78, 5) is 37.9. The highest BCUT2D eigenvalue weighted by Gasteiger charge is 2.19. The minimum atomic E-state index is -0.785. The predicted molar refractivity (Wildman–Crippen MR) is 325 cm³/mol. The van der Waals surface area contributed by atoms with Gasteiger partial charge in [-0.3, -0.25) is 14.4 Å². The Morgan fingerprint density at radius 2 is 0.520 bits per heavy atom. The van der Waals surface area contributed by atoms with Gasteiger partial charge in [-0.1, -0.05) is 278 Å². The topological polar surface area (TPSA) is 78.9 Å². The number of hydrogen-bond acceptors (Lipinski definition) is 6. The zero-order chi connectivity index (χ0) is 54.3. The number of hydrogen-bond donors (Lipinski definition) is 0. The third-order valence-corrected chi connectivity index (χ3v) is 13.3. The first-order valence-corrected chi connectivity index (χ1v) is 31.4. The molecular weight excluding hydrogens is 925 g/mol. The summed E-state index contributed by atoms with van der Waals surface area (Å²) < 4.78 is 16.7. The summed E-state index contributed by atoms with van der Waals surface area (Å²) >= 11 is 0. The number of esters is 3. The van der Waals surface area contributed by atoms with Crippen molar-refractivity contribution in [3.05, 3.63) is 109 Å². The molecule has 0 aromatic carbocycles. The summed E-state index contributed by atoms with van der Waals surface area (Å²) in [6.45, 7) is 6.33. The minimum Gasteiger partial charge on any atom is -0.462 e. The van der Waals surface area contributed by atoms with Crippen molar-refractivity contribution in [3.63, 3.8) is 0 Å². The van der Waals surface area contributed by atoms with E-state index >= 15 is 0 Å². The van der Waals surface area contributed by atoms with Crippen LogP contribution in [0.4, 0.5) is 0 Å². The van der Waals surface area contributed by atoms with Crippen LogP contribution in [0, 0.1) is 0 Å². The molecule has 6 nitrogen and oxygen atoms in total. The second-order valence-corrected chi connectivity index (χ2v) is 20.6. The Morgan fingerprint density at radius 3 is 0.813 bits per heavy atom. The van der Waals surface area contributed by atoms with Gasteiger partial charge in [0.1, 0.15) is 13.2 Å². The van der Waals surface area contributed by atoms with E-state index in [4.69, 9.17) is 14.2 Å². The van der Waals surface area contributed by atoms with E-state index in [0.717, 1.165) is 141 Å². The lowest BCUT2D eigenvalue weighted by atomic mass is 10.0. The van der Waals surface area contributed by atoms with E-state index in [9.17, 15) is 14.4 Å². The third-order valence-electron chi connectivity index (χ3n) is 13.3. The zero-order valence-corrected chi connectivity index (χ0v) is 49.0. The summed E-state index contributed by atoms with van der Waals surface area (Å²) in [5.74, 6) is -0.912. The van der Waals surface area contributed by atoms with Gasteiger partial charge in [0, 0.05) is 19.3 Å². The van der Waals surface area contributed by atoms with Crippen molar-refractivity contribution >= 4 is 17.9 Å². The van der Waals surface area contributed by atoms with Crippen LogP contribution in [0.3, 0.4) is 0 Å². The molecule has 6 heteroatoms. The summed E-state index contributed by atoms with van der Waals surface area (Å²) in [6, 6.07) is 0. The second-order valence-electron chi connectivity index (χ2n) is 20.6. The Balaban J connectivity index is 4.03. The molecule has 0 rings (SSSR count). The van der Waals surface area contributed by atoms with Crippen LogP contribution in [-0.2, 0) is 28.6 Å². The lowest BCUT2D eigenvalue weighted by molar-refractivity contribution is -0.167. The fourth-order valence-electron chi connectivity index (χ4n) is 8.64. The van der Waals surface area contributed by atoms with Crippen LogP contribution in [0.15, 0.2) is 109 Å². The van der Waals surface area contributed by atoms with Crippen molar-refractivity contribution in [3.8, 4) is 0 Å². The molecule has 0 spiro atoms. The molecule has 0 saturated heterocycles. The molecule has 0 amide bonds. The summed E-state index contributed by atoms with van der Waals surface area (Å²) in [7, 11) is 0. The van der Waals surface area contributed by atoms with Crippen molar-refractivity contribution < 1.29 is 28.6 Å². The van der Waals surface area contributed by atoms with Crippen LogP contribution in [0.25, 0.3) is 0 Å². The van der Waals surface area contributed by atoms with Crippen molar-refractivity contribution in [1.29, 1.82) is 0 Å². The Kier molecular flexibility index (Phi) is 59.3. The smallest absolute Gasteiger partial charge is 0.306 e. The fraction of sp³-hybridized carbons (Fsp3) is 0.696. The second kappa shape index (κ2) is 62.6. The van der Waals surface area contributed by atoms with E-state index in [2.05, 4.69) is 130 Å². The maximum absolute atomic E-state index is 12.8. The maximum Gasteiger partial charge on any atom is 0.306 e. The molecule has 428 valence electrons. The van der Waals surface area contributed by atoms with Crippen LogP contribution in [0.2, 0.25) is 0 Å². The summed E-state index contributed by atoms with van der Waals surface area (Å²) in [5.41, 5.74) is 0. The Bertz CT molecular complexity index is 1520. The molecule has 0 saturated carbocycles. The average molecular weight is 1040 g/mol. The monoisotopic (exact) mass is 1040 g/mol. The quantitative estimate of drug-likeness (QED) is 0.0261. The molecule has 0 aliphatic rings. The number of allylic oxidation sites excluding steroid dienone is 18. The molecule has 1 unspecified atom stereocenters. The van der Waals surface area contributed by atoms with E-state index in [0.29, 0.717) is 19.3 Å². The van der Waals surface area contributed by atoms with Crippen LogP contribution in [0.5, 0.6) is 0 Å². The molecule has 0 bridgehead atoms. The number of carbonyl (C=O) groups is 3. The van der Waals surface area contributed by atoms with Gasteiger partial charge in [-0.25, -0.2) is 0 Å². The van der Waals surface area contributed by atoms with E-state index in [1.165, 1.54) is 109 Å². The summed E-state index contributed by atoms with van der Waals surface area (Å²) in [6.07, 6.45) is 85.8. The number of unbranched alkanes of at least 4 members (excludes halogenated alkanes) is 27. The van der Waals surface area contributed by atoms with Gasteiger partial charge in [0.25, 0.3) is 0 Å². The van der Waals surface area contributed by atoms with Crippen LogP contribution >= 0.6 is 0 Å². The molecule has 0 aromatic rings. The number of ether oxygens (including phenoxy) is 3. The molecular formula is C69H116O6. The van der Waals surface area contributed by atoms with Crippen molar-refractivity contribution in [1.82, 2.24) is 0 Å². The first-order chi connectivity index (χ1) is 37.0. The van der Waals surface area contributed by atoms with E-state index in [1.807, 2.05) is 0 Å². The van der Waals surface area contributed by atoms with Crippen LogP contribution < -0.4 is 0 Å². The molecule has 0 radical (unpaired) electrons. The molecule has 0 fully saturated rings. The van der Waals surface area contributed by atoms with Crippen molar-refractivity contribution in [2.75, 3.05) is 13.2 Å². The van der Waals surface area contributed by atoms with Gasteiger partial charge in [0.2, 0.25) is 0 Å². The van der Waals surface area contributed by atoms with Crippen molar-refractivity contribution in [2.45, 2.75) is 297 Å². The largest absolute Gasteiger partial charge is 0.462 e. The van der Waals surface area contributed by atoms with E-state index < -0.39 is 6.10 Å². The molecule has 0 heterocycles. The van der Waals surface area contributed by atoms with Gasteiger partial charge in [-0.05, 0) is 103 Å². The molecule has 0 aliphatic carbocycles. The Hall–Kier alpha value is -3.93. The highest BCUT2D eigenvalue weighted by Crippen LogP contribution is 2.16. The molecule has 0 aliphatic heterocycles. The van der Waals surface area contributed by atoms with Crippen LogP contribution in [0.1, 0.15) is 290 Å². The standard InChI is InChI=1S/C69H116O6/c1-4-7-10-13-15-17-19-21-23-25-27-29-30-31-32-33-34-35-36-37-38-40-41-43-45-47-49-51-53-56-59-62-68(71)74-65-66(64-73-67(70)61-58-55-12-9-6-3)75-69(72)63-60-57-54-52-50-48-46-44-42-39-28-26-24-22-20-18-16-14-11-8-5-2/h7-8,10-11,15-18,21-24,27-29,39,44,46,66H,4-6,9,12-14,19-20,25-26,30-38,40-43,45,47-65H2,1-3H3/b10-7-,11-8-,17-15-,18-16-,23-21-,24-22-,29-27-,39-28-,46-44-. The fourth-order valence-corrected chi connectivity index (χ4v) is 8.64. The van der Waals surface area contributed by atoms with Gasteiger partial charge in [0.15, 0.2) is 6.10 Å². The number of rotatable bonds is 56. The number of carbonyl (C=O) groups excluding carboxylic acids is 3. The minimum absolute atomic E-state index is 0.0846. The molecule has 1 atom stereocenters. The zero-order valence-electron chi connectivity index (χ0n) is 49.0. The SMILES string of the molecule is CC/C=C\C/C=C\C/C=C\C/C=C\C/C=C\CCCCCCCC(=O)OC(COC(=O)CCCCCCC)COC(=O)CCCCCCCCCCCCCCCCCCCC/C=C\C/C=C\C/C=C\C/C=C\CC. The van der Waals surface area contributed by atoms with Gasteiger partial charge >= 0.3 is 17.9 Å². The Labute approximate surface area is 463 Å². The average Bonchev–Trinajstić information content (AvgIpc) is 3.41. The predicted octanol–water partition coefficient (Wildman–Crippen LogP) is 21.4. The first kappa shape index (κ1) is 71.1. The maximum atomic E-state index is 12.8. The molecule has 0 aromatic heterocycles. The van der Waals surface area contributed by atoms with Crippen molar-refractivity contribution in [2.24, 2.45) is 0 Å². The van der Waals surface area contributed by atoms with Gasteiger partial charge in [0.05, 0.1) is 0 Å². The van der Waals surface area contributed by atoms with E-state index in [-0.39, 0.29) is 31.1 Å². The molecule has 75 heavy (non-hydrogen) atoms. The Morgan fingerprint density at radius 1 is 0.280 bits per heavy atom. The van der Waals surface area contributed by atoms with Gasteiger partial charge in [-0.15, -0.1) is 0 Å². The van der Waals surface area contributed by atoms with Crippen LogP contribution in [-0.4, -0.2) is 37.2 Å². The van der Waals surface area contributed by atoms with Gasteiger partial charge in [-0.2, -0.15) is 0 Å². The van der Waals surface area contributed by atoms with E-state index in [1.54, 1.807) is 0 Å². The highest BCUT2D eigenvalue weighted by atomic mass is 16.6. The normalized spacial score (nSPS) is 12.8. The van der Waals surface area contributed by atoms with Gasteiger partial charge < -0.3 is 14.2 Å². The molecule has 0 N–H and O–H groups in total.